The zero-order valence-electron chi connectivity index (χ0n) is 9.59. The molecule has 0 unspecified atom stereocenters. The van der Waals surface area contributed by atoms with E-state index >= 15 is 0 Å². The summed E-state index contributed by atoms with van der Waals surface area (Å²) in [5.41, 5.74) is 1.98. The van der Waals surface area contributed by atoms with Gasteiger partial charge in [0.2, 0.25) is 0 Å². The van der Waals surface area contributed by atoms with Crippen molar-refractivity contribution in [1.82, 2.24) is 4.90 Å². The summed E-state index contributed by atoms with van der Waals surface area (Å²) in [6.07, 6.45) is 4.27. The lowest BCUT2D eigenvalue weighted by Gasteiger charge is -2.26. The van der Waals surface area contributed by atoms with Gasteiger partial charge < -0.3 is 4.90 Å². The normalized spacial score (nSPS) is 22.1. The number of likely N-dealkylation sites (tertiary alicyclic amines) is 1. The monoisotopic (exact) mass is 249 g/mol. The summed E-state index contributed by atoms with van der Waals surface area (Å²) in [5.74, 6) is 0.135. The zero-order valence-corrected chi connectivity index (χ0v) is 10.4. The van der Waals surface area contributed by atoms with E-state index in [1.807, 2.05) is 18.2 Å². The molecule has 0 aliphatic carbocycles. The maximum absolute atomic E-state index is 12.0. The van der Waals surface area contributed by atoms with E-state index in [4.69, 9.17) is 0 Å². The average molecular weight is 249 g/mol. The fourth-order valence-electron chi connectivity index (χ4n) is 2.60. The molecule has 0 amide bonds. The predicted octanol–water partition coefficient (Wildman–Crippen LogP) is 1.91. The molecule has 2 aliphatic rings. The maximum atomic E-state index is 12.0. The highest BCUT2D eigenvalue weighted by molar-refractivity contribution is 7.91. The lowest BCUT2D eigenvalue weighted by Crippen LogP contribution is -2.23. The van der Waals surface area contributed by atoms with Gasteiger partial charge in [-0.15, -0.1) is 0 Å². The van der Waals surface area contributed by atoms with Crippen LogP contribution in [0.4, 0.5) is 0 Å². The van der Waals surface area contributed by atoms with E-state index in [9.17, 15) is 8.42 Å². The second kappa shape index (κ2) is 3.88. The van der Waals surface area contributed by atoms with Crippen molar-refractivity contribution in [3.63, 3.8) is 0 Å². The van der Waals surface area contributed by atoms with Crippen molar-refractivity contribution in [2.24, 2.45) is 0 Å². The van der Waals surface area contributed by atoms with Gasteiger partial charge in [0.15, 0.2) is 9.84 Å². The minimum atomic E-state index is -3.11. The van der Waals surface area contributed by atoms with E-state index in [-0.39, 0.29) is 5.75 Å². The second-order valence-corrected chi connectivity index (χ2v) is 6.56. The summed E-state index contributed by atoms with van der Waals surface area (Å²) in [5, 5.41) is 0. The molecule has 1 aromatic carbocycles. The standard InChI is InChI=1S/C13H15NO2S/c15-17(16)10-7-12(14-8-3-4-9-14)11-5-1-2-6-13(11)17/h1-2,5-7H,3-4,8-10H2. The Morgan fingerprint density at radius 1 is 1.06 bits per heavy atom. The third-order valence-corrected chi connectivity index (χ3v) is 5.07. The molecule has 0 atom stereocenters. The Balaban J connectivity index is 2.12. The topological polar surface area (TPSA) is 37.4 Å². The number of hydrogen-bond acceptors (Lipinski definition) is 3. The fraction of sp³-hybridized carbons (Fsp3) is 0.385. The Morgan fingerprint density at radius 3 is 2.53 bits per heavy atom. The quantitative estimate of drug-likeness (QED) is 0.763. The highest BCUT2D eigenvalue weighted by atomic mass is 32.2. The Kier molecular flexibility index (Phi) is 2.47. The molecule has 2 heterocycles. The number of nitrogens with zero attached hydrogens (tertiary/aromatic N) is 1. The van der Waals surface area contributed by atoms with Crippen LogP contribution in [-0.2, 0) is 9.84 Å². The van der Waals surface area contributed by atoms with Gasteiger partial charge in [0.05, 0.1) is 10.6 Å². The van der Waals surface area contributed by atoms with E-state index in [0.717, 1.165) is 24.4 Å². The van der Waals surface area contributed by atoms with Crippen LogP contribution in [0.2, 0.25) is 0 Å². The van der Waals surface area contributed by atoms with Crippen molar-refractivity contribution in [3.05, 3.63) is 35.9 Å². The van der Waals surface area contributed by atoms with Gasteiger partial charge in [-0.25, -0.2) is 8.42 Å². The van der Waals surface area contributed by atoms with Crippen molar-refractivity contribution >= 4 is 15.5 Å². The third kappa shape index (κ3) is 1.76. The van der Waals surface area contributed by atoms with Crippen molar-refractivity contribution in [2.45, 2.75) is 17.7 Å². The first-order valence-corrected chi connectivity index (χ1v) is 7.61. The number of hydrogen-bond donors (Lipinski definition) is 0. The summed E-state index contributed by atoms with van der Waals surface area (Å²) >= 11 is 0. The minimum absolute atomic E-state index is 0.135. The summed E-state index contributed by atoms with van der Waals surface area (Å²) < 4.78 is 23.9. The summed E-state index contributed by atoms with van der Waals surface area (Å²) in [6.45, 7) is 2.08. The smallest absolute Gasteiger partial charge is 0.182 e. The van der Waals surface area contributed by atoms with E-state index in [1.54, 1.807) is 12.1 Å². The molecular formula is C13H15NO2S. The molecule has 3 nitrogen and oxygen atoms in total. The molecule has 1 saturated heterocycles. The van der Waals surface area contributed by atoms with E-state index in [2.05, 4.69) is 4.90 Å². The van der Waals surface area contributed by atoms with Crippen LogP contribution in [0.15, 0.2) is 35.2 Å². The van der Waals surface area contributed by atoms with Gasteiger partial charge in [-0.3, -0.25) is 0 Å². The summed E-state index contributed by atoms with van der Waals surface area (Å²) in [7, 11) is -3.11. The third-order valence-electron chi connectivity index (χ3n) is 3.44. The first-order chi connectivity index (χ1) is 8.18. The Morgan fingerprint density at radius 2 is 1.76 bits per heavy atom. The largest absolute Gasteiger partial charge is 0.371 e. The molecule has 0 bridgehead atoms. The van der Waals surface area contributed by atoms with E-state index in [1.165, 1.54) is 12.8 Å². The second-order valence-electron chi connectivity index (χ2n) is 4.56. The maximum Gasteiger partial charge on any atom is 0.182 e. The minimum Gasteiger partial charge on any atom is -0.371 e. The molecule has 1 aromatic rings. The molecule has 4 heteroatoms. The molecule has 0 aromatic heterocycles. The van der Waals surface area contributed by atoms with Crippen LogP contribution < -0.4 is 0 Å². The van der Waals surface area contributed by atoms with Crippen LogP contribution in [0.1, 0.15) is 18.4 Å². The van der Waals surface area contributed by atoms with Gasteiger partial charge in [-0.2, -0.15) is 0 Å². The molecule has 0 radical (unpaired) electrons. The van der Waals surface area contributed by atoms with Crippen molar-refractivity contribution in [1.29, 1.82) is 0 Å². The van der Waals surface area contributed by atoms with Gasteiger partial charge in [0.25, 0.3) is 0 Å². The molecular weight excluding hydrogens is 234 g/mol. The van der Waals surface area contributed by atoms with Gasteiger partial charge in [-0.05, 0) is 25.0 Å². The first-order valence-electron chi connectivity index (χ1n) is 5.96. The number of fused-ring (bicyclic) bond motifs is 1. The van der Waals surface area contributed by atoms with Crippen LogP contribution in [0.5, 0.6) is 0 Å². The van der Waals surface area contributed by atoms with Gasteiger partial charge in [0, 0.05) is 24.4 Å². The number of rotatable bonds is 1. The molecule has 0 saturated carbocycles. The molecule has 90 valence electrons. The Bertz CT molecular complexity index is 569. The van der Waals surface area contributed by atoms with E-state index in [0.29, 0.717) is 4.90 Å². The van der Waals surface area contributed by atoms with Crippen LogP contribution in [0, 0.1) is 0 Å². The highest BCUT2D eigenvalue weighted by Crippen LogP contribution is 2.33. The number of sulfone groups is 1. The van der Waals surface area contributed by atoms with E-state index < -0.39 is 9.84 Å². The molecule has 3 rings (SSSR count). The Hall–Kier alpha value is -1.29. The molecule has 1 fully saturated rings. The average Bonchev–Trinajstić information content (AvgIpc) is 2.83. The molecule has 17 heavy (non-hydrogen) atoms. The molecule has 2 aliphatic heterocycles. The van der Waals surface area contributed by atoms with Crippen LogP contribution in [0.3, 0.4) is 0 Å². The summed E-state index contributed by atoms with van der Waals surface area (Å²) in [4.78, 5) is 2.79. The Labute approximate surface area is 102 Å². The van der Waals surface area contributed by atoms with Crippen molar-refractivity contribution < 1.29 is 8.42 Å². The van der Waals surface area contributed by atoms with Gasteiger partial charge in [-0.1, -0.05) is 18.2 Å². The van der Waals surface area contributed by atoms with Gasteiger partial charge in [0.1, 0.15) is 0 Å². The zero-order chi connectivity index (χ0) is 11.9. The lowest BCUT2D eigenvalue weighted by atomic mass is 10.1. The molecule has 0 N–H and O–H groups in total. The SMILES string of the molecule is O=S1(=O)CC=C(N2CCCC2)c2ccccc21. The summed E-state index contributed by atoms with van der Waals surface area (Å²) in [6, 6.07) is 7.33. The van der Waals surface area contributed by atoms with Gasteiger partial charge >= 0.3 is 0 Å². The van der Waals surface area contributed by atoms with Crippen molar-refractivity contribution in [3.8, 4) is 0 Å². The fourth-order valence-corrected chi connectivity index (χ4v) is 3.95. The van der Waals surface area contributed by atoms with Crippen LogP contribution in [0.25, 0.3) is 5.70 Å². The molecule has 0 spiro atoms. The van der Waals surface area contributed by atoms with Crippen LogP contribution >= 0.6 is 0 Å². The van der Waals surface area contributed by atoms with Crippen molar-refractivity contribution in [2.75, 3.05) is 18.8 Å². The number of benzene rings is 1. The lowest BCUT2D eigenvalue weighted by molar-refractivity contribution is 0.489. The predicted molar refractivity (Wildman–Crippen MR) is 67.3 cm³/mol. The van der Waals surface area contributed by atoms with Crippen LogP contribution in [-0.4, -0.2) is 32.2 Å². The highest BCUT2D eigenvalue weighted by Gasteiger charge is 2.27. The first kappa shape index (κ1) is 10.8.